The number of aromatic nitrogens is 2. The molecule has 0 unspecified atom stereocenters. The molecule has 1 aromatic carbocycles. The highest BCUT2D eigenvalue weighted by molar-refractivity contribution is 7.90. The molecular weight excluding hydrogens is 286 g/mol. The van der Waals surface area contributed by atoms with E-state index in [1.165, 1.54) is 6.26 Å². The van der Waals surface area contributed by atoms with Gasteiger partial charge in [-0.15, -0.1) is 0 Å². The molecule has 3 rings (SSSR count). The maximum atomic E-state index is 11.6. The van der Waals surface area contributed by atoms with Crippen molar-refractivity contribution in [1.82, 2.24) is 9.97 Å². The van der Waals surface area contributed by atoms with Gasteiger partial charge in [-0.2, -0.15) is 0 Å². The predicted molar refractivity (Wildman–Crippen MR) is 83.0 cm³/mol. The summed E-state index contributed by atoms with van der Waals surface area (Å²) in [5.74, 6) is 0. The number of aromatic amines is 1. The zero-order valence-corrected chi connectivity index (χ0v) is 12.3. The lowest BCUT2D eigenvalue weighted by Crippen LogP contribution is -2.01. The van der Waals surface area contributed by atoms with Crippen molar-refractivity contribution in [2.24, 2.45) is 0 Å². The number of sulfone groups is 1. The Bertz CT molecular complexity index is 885. The zero-order chi connectivity index (χ0) is 14.9. The standard InChI is InChI=1S/C15H15N3O2S/c1-21(19,20)13-5-2-4-12(8-13)17-9-11-10-18-15-14(11)6-3-7-16-15/h2-8,10,17H,9H2,1H3,(H,16,18). The van der Waals surface area contributed by atoms with Gasteiger partial charge in [0, 0.05) is 36.3 Å². The Kier molecular flexibility index (Phi) is 3.39. The van der Waals surface area contributed by atoms with Crippen molar-refractivity contribution in [2.45, 2.75) is 11.4 Å². The molecule has 0 aliphatic heterocycles. The summed E-state index contributed by atoms with van der Waals surface area (Å²) in [6.07, 6.45) is 4.86. The minimum Gasteiger partial charge on any atom is -0.381 e. The number of pyridine rings is 1. The van der Waals surface area contributed by atoms with E-state index in [2.05, 4.69) is 15.3 Å². The molecule has 5 nitrogen and oxygen atoms in total. The van der Waals surface area contributed by atoms with Gasteiger partial charge in [0.25, 0.3) is 0 Å². The topological polar surface area (TPSA) is 74.8 Å². The molecule has 108 valence electrons. The molecule has 0 spiro atoms. The Morgan fingerprint density at radius 3 is 2.90 bits per heavy atom. The van der Waals surface area contributed by atoms with Crippen LogP contribution in [0.25, 0.3) is 11.0 Å². The Balaban J connectivity index is 1.82. The van der Waals surface area contributed by atoms with Crippen LogP contribution in [0.15, 0.2) is 53.7 Å². The minimum absolute atomic E-state index is 0.313. The highest BCUT2D eigenvalue weighted by Crippen LogP contribution is 2.19. The van der Waals surface area contributed by atoms with E-state index in [0.29, 0.717) is 11.4 Å². The second-order valence-electron chi connectivity index (χ2n) is 4.87. The fourth-order valence-corrected chi connectivity index (χ4v) is 2.86. The number of H-pyrrole nitrogens is 1. The molecule has 0 saturated carbocycles. The van der Waals surface area contributed by atoms with E-state index in [9.17, 15) is 8.42 Å². The van der Waals surface area contributed by atoms with E-state index >= 15 is 0 Å². The molecule has 0 fully saturated rings. The minimum atomic E-state index is -3.19. The first-order chi connectivity index (χ1) is 10.0. The van der Waals surface area contributed by atoms with Crippen LogP contribution >= 0.6 is 0 Å². The van der Waals surface area contributed by atoms with Gasteiger partial charge < -0.3 is 10.3 Å². The number of benzene rings is 1. The zero-order valence-electron chi connectivity index (χ0n) is 11.5. The quantitative estimate of drug-likeness (QED) is 0.776. The molecule has 0 bridgehead atoms. The second-order valence-corrected chi connectivity index (χ2v) is 6.88. The summed E-state index contributed by atoms with van der Waals surface area (Å²) in [5.41, 5.74) is 2.71. The molecule has 3 aromatic rings. The van der Waals surface area contributed by atoms with Crippen LogP contribution in [-0.2, 0) is 16.4 Å². The van der Waals surface area contributed by atoms with Crippen molar-refractivity contribution in [1.29, 1.82) is 0 Å². The van der Waals surface area contributed by atoms with E-state index in [1.807, 2.05) is 24.4 Å². The molecule has 2 heterocycles. The second kappa shape index (κ2) is 5.21. The van der Waals surface area contributed by atoms with Gasteiger partial charge in [0.05, 0.1) is 4.90 Å². The Morgan fingerprint density at radius 1 is 1.24 bits per heavy atom. The van der Waals surface area contributed by atoms with Crippen molar-refractivity contribution in [3.63, 3.8) is 0 Å². The third-order valence-corrected chi connectivity index (χ3v) is 4.39. The first-order valence-electron chi connectivity index (χ1n) is 6.49. The third kappa shape index (κ3) is 2.90. The average molecular weight is 301 g/mol. The summed E-state index contributed by atoms with van der Waals surface area (Å²) < 4.78 is 23.1. The van der Waals surface area contributed by atoms with Crippen LogP contribution in [0.4, 0.5) is 5.69 Å². The summed E-state index contributed by atoms with van der Waals surface area (Å²) in [6.45, 7) is 0.596. The van der Waals surface area contributed by atoms with Crippen LogP contribution in [0.5, 0.6) is 0 Å². The van der Waals surface area contributed by atoms with Gasteiger partial charge in [0.15, 0.2) is 9.84 Å². The molecule has 0 saturated heterocycles. The lowest BCUT2D eigenvalue weighted by Gasteiger charge is -2.07. The molecule has 0 amide bonds. The van der Waals surface area contributed by atoms with Gasteiger partial charge in [-0.05, 0) is 35.9 Å². The Hall–Kier alpha value is -2.34. The number of nitrogens with one attached hydrogen (secondary N) is 2. The van der Waals surface area contributed by atoms with E-state index in [4.69, 9.17) is 0 Å². The summed E-state index contributed by atoms with van der Waals surface area (Å²) in [4.78, 5) is 7.67. The van der Waals surface area contributed by atoms with Gasteiger partial charge >= 0.3 is 0 Å². The van der Waals surface area contributed by atoms with Crippen molar-refractivity contribution in [2.75, 3.05) is 11.6 Å². The molecule has 0 atom stereocenters. The van der Waals surface area contributed by atoms with Crippen LogP contribution in [0.1, 0.15) is 5.56 Å². The van der Waals surface area contributed by atoms with E-state index in [0.717, 1.165) is 22.3 Å². The number of nitrogens with zero attached hydrogens (tertiary/aromatic N) is 1. The van der Waals surface area contributed by atoms with Gasteiger partial charge in [-0.25, -0.2) is 13.4 Å². The number of fused-ring (bicyclic) bond motifs is 1. The predicted octanol–water partition coefficient (Wildman–Crippen LogP) is 2.58. The third-order valence-electron chi connectivity index (χ3n) is 3.28. The summed E-state index contributed by atoms with van der Waals surface area (Å²) in [6, 6.07) is 10.7. The highest BCUT2D eigenvalue weighted by Gasteiger charge is 2.08. The largest absolute Gasteiger partial charge is 0.381 e. The molecule has 0 aliphatic carbocycles. The number of rotatable bonds is 4. The first-order valence-corrected chi connectivity index (χ1v) is 8.38. The number of hydrogen-bond acceptors (Lipinski definition) is 4. The molecule has 21 heavy (non-hydrogen) atoms. The fourth-order valence-electron chi connectivity index (χ4n) is 2.19. The van der Waals surface area contributed by atoms with E-state index in [1.54, 1.807) is 24.4 Å². The summed E-state index contributed by atoms with van der Waals surface area (Å²) in [7, 11) is -3.19. The lowest BCUT2D eigenvalue weighted by molar-refractivity contribution is 0.602. The van der Waals surface area contributed by atoms with Gasteiger partial charge in [0.2, 0.25) is 0 Å². The van der Waals surface area contributed by atoms with E-state index < -0.39 is 9.84 Å². The van der Waals surface area contributed by atoms with Crippen molar-refractivity contribution in [3.8, 4) is 0 Å². The highest BCUT2D eigenvalue weighted by atomic mass is 32.2. The molecule has 0 aliphatic rings. The number of anilines is 1. The smallest absolute Gasteiger partial charge is 0.175 e. The molecule has 2 N–H and O–H groups in total. The molecular formula is C15H15N3O2S. The van der Waals surface area contributed by atoms with Crippen LogP contribution in [0.3, 0.4) is 0 Å². The van der Waals surface area contributed by atoms with Crippen LogP contribution in [0.2, 0.25) is 0 Å². The molecule has 0 radical (unpaired) electrons. The van der Waals surface area contributed by atoms with Gasteiger partial charge in [0.1, 0.15) is 5.65 Å². The van der Waals surface area contributed by atoms with E-state index in [-0.39, 0.29) is 0 Å². The normalized spacial score (nSPS) is 11.7. The SMILES string of the molecule is CS(=O)(=O)c1cccc(NCc2c[nH]c3ncccc23)c1. The van der Waals surface area contributed by atoms with Crippen LogP contribution in [-0.4, -0.2) is 24.6 Å². The summed E-state index contributed by atoms with van der Waals surface area (Å²) in [5, 5.41) is 4.30. The summed E-state index contributed by atoms with van der Waals surface area (Å²) >= 11 is 0. The first kappa shape index (κ1) is 13.6. The van der Waals surface area contributed by atoms with Gasteiger partial charge in [-0.1, -0.05) is 6.07 Å². The average Bonchev–Trinajstić information content (AvgIpc) is 2.88. The lowest BCUT2D eigenvalue weighted by atomic mass is 10.2. The fraction of sp³-hybridized carbons (Fsp3) is 0.133. The van der Waals surface area contributed by atoms with Gasteiger partial charge in [-0.3, -0.25) is 0 Å². The van der Waals surface area contributed by atoms with Crippen molar-refractivity contribution in [3.05, 3.63) is 54.4 Å². The Morgan fingerprint density at radius 2 is 2.10 bits per heavy atom. The maximum absolute atomic E-state index is 11.6. The Labute approximate surface area is 123 Å². The van der Waals surface area contributed by atoms with Crippen molar-refractivity contribution >= 4 is 26.6 Å². The maximum Gasteiger partial charge on any atom is 0.175 e. The molecule has 6 heteroatoms. The van der Waals surface area contributed by atoms with Crippen LogP contribution < -0.4 is 5.32 Å². The molecule has 2 aromatic heterocycles. The number of hydrogen-bond donors (Lipinski definition) is 2. The van der Waals surface area contributed by atoms with Crippen molar-refractivity contribution < 1.29 is 8.42 Å². The monoisotopic (exact) mass is 301 g/mol. The van der Waals surface area contributed by atoms with Crippen LogP contribution in [0, 0.1) is 0 Å².